The standard InChI is InChI=1S/C21H18FN3O3/c1-25-11-10-23-19(25)18(13-6-8-15(22)9-7-13)24-20(26)17-12-14-4-2-3-5-16(14)21(27)28-17/h2-11,17-18H,12H2,1H3,(H,24,26). The van der Waals surface area contributed by atoms with E-state index in [2.05, 4.69) is 10.3 Å². The van der Waals surface area contributed by atoms with E-state index in [1.807, 2.05) is 19.2 Å². The van der Waals surface area contributed by atoms with Crippen molar-refractivity contribution in [1.82, 2.24) is 14.9 Å². The first-order valence-corrected chi connectivity index (χ1v) is 8.85. The van der Waals surface area contributed by atoms with Crippen molar-refractivity contribution in [3.05, 3.63) is 89.3 Å². The summed E-state index contributed by atoms with van der Waals surface area (Å²) in [5, 5.41) is 2.90. The maximum Gasteiger partial charge on any atom is 0.339 e. The highest BCUT2D eigenvalue weighted by molar-refractivity contribution is 5.95. The van der Waals surface area contributed by atoms with Gasteiger partial charge in [0.05, 0.1) is 5.56 Å². The molecule has 0 saturated heterocycles. The maximum absolute atomic E-state index is 13.3. The number of imidazole rings is 1. The quantitative estimate of drug-likeness (QED) is 0.707. The molecule has 6 nitrogen and oxygen atoms in total. The van der Waals surface area contributed by atoms with Gasteiger partial charge in [0, 0.05) is 25.9 Å². The van der Waals surface area contributed by atoms with Crippen LogP contribution in [0.4, 0.5) is 4.39 Å². The molecule has 7 heteroatoms. The molecule has 0 spiro atoms. The largest absolute Gasteiger partial charge is 0.448 e. The fraction of sp³-hybridized carbons (Fsp3) is 0.190. The number of halogens is 1. The highest BCUT2D eigenvalue weighted by Gasteiger charge is 2.33. The molecule has 0 fully saturated rings. The van der Waals surface area contributed by atoms with Gasteiger partial charge in [0.2, 0.25) is 0 Å². The Labute approximate surface area is 161 Å². The number of fused-ring (bicyclic) bond motifs is 1. The molecule has 1 aliphatic heterocycles. The summed E-state index contributed by atoms with van der Waals surface area (Å²) in [6.07, 6.45) is 2.74. The van der Waals surface area contributed by atoms with Gasteiger partial charge in [-0.3, -0.25) is 4.79 Å². The number of rotatable bonds is 4. The van der Waals surface area contributed by atoms with Gasteiger partial charge in [0.25, 0.3) is 5.91 Å². The van der Waals surface area contributed by atoms with Crippen LogP contribution < -0.4 is 5.32 Å². The van der Waals surface area contributed by atoms with E-state index in [0.717, 1.165) is 5.56 Å². The van der Waals surface area contributed by atoms with Gasteiger partial charge < -0.3 is 14.6 Å². The second-order valence-electron chi connectivity index (χ2n) is 6.64. The molecular weight excluding hydrogens is 361 g/mol. The van der Waals surface area contributed by atoms with Crippen molar-refractivity contribution in [3.63, 3.8) is 0 Å². The number of cyclic esters (lactones) is 1. The fourth-order valence-corrected chi connectivity index (χ4v) is 3.32. The molecule has 3 aromatic rings. The third kappa shape index (κ3) is 3.38. The van der Waals surface area contributed by atoms with Gasteiger partial charge in [-0.2, -0.15) is 0 Å². The Morgan fingerprint density at radius 1 is 1.25 bits per heavy atom. The Balaban J connectivity index is 1.60. The summed E-state index contributed by atoms with van der Waals surface area (Å²) in [7, 11) is 1.81. The zero-order chi connectivity index (χ0) is 19.7. The molecule has 0 bridgehead atoms. The van der Waals surface area contributed by atoms with E-state index in [1.54, 1.807) is 41.2 Å². The highest BCUT2D eigenvalue weighted by atomic mass is 19.1. The van der Waals surface area contributed by atoms with Crippen LogP contribution in [0.25, 0.3) is 0 Å². The third-order valence-electron chi connectivity index (χ3n) is 4.79. The second-order valence-corrected chi connectivity index (χ2v) is 6.64. The molecule has 1 amide bonds. The number of aryl methyl sites for hydroxylation is 1. The third-order valence-corrected chi connectivity index (χ3v) is 4.79. The Kier molecular flexibility index (Phi) is 4.65. The number of nitrogens with one attached hydrogen (secondary N) is 1. The molecule has 2 heterocycles. The molecule has 0 radical (unpaired) electrons. The fourth-order valence-electron chi connectivity index (χ4n) is 3.32. The van der Waals surface area contributed by atoms with Crippen molar-refractivity contribution in [2.75, 3.05) is 0 Å². The van der Waals surface area contributed by atoms with Crippen LogP contribution in [0.5, 0.6) is 0 Å². The maximum atomic E-state index is 13.3. The van der Waals surface area contributed by atoms with Gasteiger partial charge in [-0.05, 0) is 29.3 Å². The summed E-state index contributed by atoms with van der Waals surface area (Å²) in [6, 6.07) is 12.3. The van der Waals surface area contributed by atoms with Gasteiger partial charge in [0.15, 0.2) is 6.10 Å². The minimum Gasteiger partial charge on any atom is -0.448 e. The van der Waals surface area contributed by atoms with E-state index in [9.17, 15) is 14.0 Å². The Morgan fingerprint density at radius 2 is 2.00 bits per heavy atom. The topological polar surface area (TPSA) is 73.2 Å². The predicted molar refractivity (Wildman–Crippen MR) is 98.9 cm³/mol. The number of amides is 1. The van der Waals surface area contributed by atoms with Crippen LogP contribution in [0.2, 0.25) is 0 Å². The predicted octanol–water partition coefficient (Wildman–Crippen LogP) is 2.55. The zero-order valence-electron chi connectivity index (χ0n) is 15.1. The van der Waals surface area contributed by atoms with Gasteiger partial charge in [-0.1, -0.05) is 30.3 Å². The first-order chi connectivity index (χ1) is 13.5. The summed E-state index contributed by atoms with van der Waals surface area (Å²) in [5.41, 5.74) is 1.92. The molecular formula is C21H18FN3O3. The lowest BCUT2D eigenvalue weighted by molar-refractivity contribution is -0.130. The van der Waals surface area contributed by atoms with Crippen molar-refractivity contribution in [3.8, 4) is 0 Å². The molecule has 2 aromatic carbocycles. The van der Waals surface area contributed by atoms with Crippen LogP contribution in [-0.4, -0.2) is 27.5 Å². The van der Waals surface area contributed by atoms with E-state index < -0.39 is 24.0 Å². The number of carbonyl (C=O) groups excluding carboxylic acids is 2. The van der Waals surface area contributed by atoms with E-state index in [-0.39, 0.29) is 5.82 Å². The number of esters is 1. The van der Waals surface area contributed by atoms with Crippen LogP contribution in [0.15, 0.2) is 60.9 Å². The molecule has 0 saturated carbocycles. The highest BCUT2D eigenvalue weighted by Crippen LogP contribution is 2.24. The number of hydrogen-bond acceptors (Lipinski definition) is 4. The van der Waals surface area contributed by atoms with Crippen molar-refractivity contribution >= 4 is 11.9 Å². The number of benzene rings is 2. The summed E-state index contributed by atoms with van der Waals surface area (Å²) in [4.78, 5) is 29.4. The zero-order valence-corrected chi connectivity index (χ0v) is 15.1. The number of hydrogen-bond donors (Lipinski definition) is 1. The monoisotopic (exact) mass is 379 g/mol. The van der Waals surface area contributed by atoms with Gasteiger partial charge >= 0.3 is 5.97 Å². The molecule has 1 aromatic heterocycles. The summed E-state index contributed by atoms with van der Waals surface area (Å²) in [5.74, 6) is -0.730. The minimum atomic E-state index is -0.939. The van der Waals surface area contributed by atoms with E-state index in [0.29, 0.717) is 23.4 Å². The molecule has 28 heavy (non-hydrogen) atoms. The molecule has 142 valence electrons. The number of aromatic nitrogens is 2. The lowest BCUT2D eigenvalue weighted by Crippen LogP contribution is -2.43. The summed E-state index contributed by atoms with van der Waals surface area (Å²) >= 11 is 0. The SMILES string of the molecule is Cn1ccnc1C(NC(=O)C1Cc2ccccc2C(=O)O1)c1ccc(F)cc1. The Hall–Kier alpha value is -3.48. The van der Waals surface area contributed by atoms with Crippen molar-refractivity contribution < 1.29 is 18.7 Å². The average Bonchev–Trinajstić information content (AvgIpc) is 3.12. The van der Waals surface area contributed by atoms with Gasteiger partial charge in [-0.15, -0.1) is 0 Å². The number of nitrogens with zero attached hydrogens (tertiary/aromatic N) is 2. The summed E-state index contributed by atoms with van der Waals surface area (Å²) < 4.78 is 20.5. The summed E-state index contributed by atoms with van der Waals surface area (Å²) in [6.45, 7) is 0. The first-order valence-electron chi connectivity index (χ1n) is 8.85. The normalized spacial score (nSPS) is 16.8. The number of ether oxygens (including phenoxy) is 1. The van der Waals surface area contributed by atoms with Crippen molar-refractivity contribution in [2.24, 2.45) is 7.05 Å². The molecule has 0 aliphatic carbocycles. The Bertz CT molecular complexity index is 1030. The molecule has 1 N–H and O–H groups in total. The van der Waals surface area contributed by atoms with E-state index >= 15 is 0 Å². The van der Waals surface area contributed by atoms with Gasteiger partial charge in [0.1, 0.15) is 17.7 Å². The lowest BCUT2D eigenvalue weighted by atomic mass is 9.97. The molecule has 2 atom stereocenters. The Morgan fingerprint density at radius 3 is 2.71 bits per heavy atom. The van der Waals surface area contributed by atoms with Crippen molar-refractivity contribution in [1.29, 1.82) is 0 Å². The average molecular weight is 379 g/mol. The lowest BCUT2D eigenvalue weighted by Gasteiger charge is -2.26. The van der Waals surface area contributed by atoms with Crippen LogP contribution in [0.3, 0.4) is 0 Å². The van der Waals surface area contributed by atoms with Crippen molar-refractivity contribution in [2.45, 2.75) is 18.6 Å². The molecule has 2 unspecified atom stereocenters. The number of carbonyl (C=O) groups is 2. The van der Waals surface area contributed by atoms with Crippen LogP contribution in [0, 0.1) is 5.82 Å². The minimum absolute atomic E-state index is 0.296. The van der Waals surface area contributed by atoms with Gasteiger partial charge in [-0.25, -0.2) is 14.2 Å². The van der Waals surface area contributed by atoms with Crippen LogP contribution in [-0.2, 0) is 23.0 Å². The van der Waals surface area contributed by atoms with Crippen LogP contribution >= 0.6 is 0 Å². The molecule has 1 aliphatic rings. The van der Waals surface area contributed by atoms with E-state index in [4.69, 9.17) is 4.74 Å². The van der Waals surface area contributed by atoms with Crippen LogP contribution in [0.1, 0.15) is 33.4 Å². The van der Waals surface area contributed by atoms with E-state index in [1.165, 1.54) is 12.1 Å². The molecule has 4 rings (SSSR count). The first kappa shape index (κ1) is 17.9. The second kappa shape index (κ2) is 7.26. The smallest absolute Gasteiger partial charge is 0.339 e.